The normalized spacial score (nSPS) is 16.6. The molecule has 0 atom stereocenters. The molecule has 6 heteroatoms. The monoisotopic (exact) mass is 414 g/mol. The maximum Gasteiger partial charge on any atom is 0.255 e. The molecule has 1 heterocycles. The Hall–Kier alpha value is -2.18. The summed E-state index contributed by atoms with van der Waals surface area (Å²) in [5.41, 5.74) is 2.33. The van der Waals surface area contributed by atoms with Crippen LogP contribution in [-0.2, 0) is 15.4 Å². The Labute approximate surface area is 174 Å². The molecule has 0 aromatic heterocycles. The van der Waals surface area contributed by atoms with Crippen LogP contribution in [0.15, 0.2) is 53.4 Å². The molecule has 2 aromatic carbocycles. The smallest absolute Gasteiger partial charge is 0.255 e. The van der Waals surface area contributed by atoms with Crippen LogP contribution in [0.1, 0.15) is 56.5 Å². The molecule has 1 fully saturated rings. The number of benzene rings is 2. The molecule has 1 aliphatic rings. The lowest BCUT2D eigenvalue weighted by atomic mass is 9.87. The second-order valence-corrected chi connectivity index (χ2v) is 10.8. The van der Waals surface area contributed by atoms with Crippen molar-refractivity contribution < 1.29 is 13.2 Å². The summed E-state index contributed by atoms with van der Waals surface area (Å²) in [6.07, 6.45) is 1.78. The fraction of sp³-hybridized carbons (Fsp3) is 0.435. The highest BCUT2D eigenvalue weighted by atomic mass is 32.2. The maximum atomic E-state index is 12.8. The highest BCUT2D eigenvalue weighted by Gasteiger charge is 2.28. The van der Waals surface area contributed by atoms with Gasteiger partial charge in [0, 0.05) is 24.3 Å². The summed E-state index contributed by atoms with van der Waals surface area (Å²) < 4.78 is 27.2. The van der Waals surface area contributed by atoms with Crippen LogP contribution in [0.2, 0.25) is 0 Å². The Kier molecular flexibility index (Phi) is 6.15. The number of piperidine rings is 1. The molecule has 3 rings (SSSR count). The van der Waals surface area contributed by atoms with Gasteiger partial charge in [-0.25, -0.2) is 8.42 Å². The van der Waals surface area contributed by atoms with E-state index < -0.39 is 10.0 Å². The molecule has 0 spiro atoms. The first-order chi connectivity index (χ1) is 13.6. The van der Waals surface area contributed by atoms with Crippen molar-refractivity contribution in [2.45, 2.75) is 50.8 Å². The largest absolute Gasteiger partial charge is 0.322 e. The van der Waals surface area contributed by atoms with Gasteiger partial charge in [-0.15, -0.1) is 0 Å². The first kappa shape index (κ1) is 21.5. The lowest BCUT2D eigenvalue weighted by molar-refractivity contribution is 0.102. The minimum atomic E-state index is -3.48. The molecule has 156 valence electrons. The number of nitrogens with zero attached hydrogens (tertiary/aromatic N) is 1. The van der Waals surface area contributed by atoms with Crippen molar-refractivity contribution >= 4 is 21.6 Å². The summed E-state index contributed by atoms with van der Waals surface area (Å²) in [6.45, 7) is 9.66. The summed E-state index contributed by atoms with van der Waals surface area (Å²) in [7, 11) is -3.48. The topological polar surface area (TPSA) is 66.5 Å². The first-order valence-corrected chi connectivity index (χ1v) is 11.5. The lowest BCUT2D eigenvalue weighted by Crippen LogP contribution is -2.37. The van der Waals surface area contributed by atoms with Crippen molar-refractivity contribution in [1.29, 1.82) is 0 Å². The predicted molar refractivity (Wildman–Crippen MR) is 117 cm³/mol. The Morgan fingerprint density at radius 1 is 0.966 bits per heavy atom. The number of amides is 1. The van der Waals surface area contributed by atoms with E-state index >= 15 is 0 Å². The number of anilines is 1. The zero-order valence-electron chi connectivity index (χ0n) is 17.6. The molecule has 0 saturated carbocycles. The molecule has 29 heavy (non-hydrogen) atoms. The molecule has 0 radical (unpaired) electrons. The van der Waals surface area contributed by atoms with Crippen LogP contribution in [0.4, 0.5) is 5.69 Å². The second kappa shape index (κ2) is 8.28. The van der Waals surface area contributed by atoms with Gasteiger partial charge in [-0.2, -0.15) is 4.31 Å². The summed E-state index contributed by atoms with van der Waals surface area (Å²) >= 11 is 0. The highest BCUT2D eigenvalue weighted by molar-refractivity contribution is 7.89. The van der Waals surface area contributed by atoms with Crippen molar-refractivity contribution in [2.24, 2.45) is 5.92 Å². The van der Waals surface area contributed by atoms with Gasteiger partial charge >= 0.3 is 0 Å². The molecule has 2 aromatic rings. The van der Waals surface area contributed by atoms with Crippen molar-refractivity contribution in [3.63, 3.8) is 0 Å². The molecule has 0 unspecified atom stereocenters. The zero-order chi connectivity index (χ0) is 21.2. The second-order valence-electron chi connectivity index (χ2n) is 8.89. The number of hydrogen-bond donors (Lipinski definition) is 1. The molecular formula is C23H30N2O3S. The molecule has 1 amide bonds. The van der Waals surface area contributed by atoms with E-state index in [1.54, 1.807) is 28.6 Å². The van der Waals surface area contributed by atoms with Gasteiger partial charge in [0.2, 0.25) is 10.0 Å². The van der Waals surface area contributed by atoms with Gasteiger partial charge in [0.25, 0.3) is 5.91 Å². The van der Waals surface area contributed by atoms with E-state index in [2.05, 4.69) is 33.0 Å². The van der Waals surface area contributed by atoms with E-state index in [1.807, 2.05) is 24.3 Å². The van der Waals surface area contributed by atoms with Crippen molar-refractivity contribution in [1.82, 2.24) is 4.31 Å². The fourth-order valence-corrected chi connectivity index (χ4v) is 4.88. The standard InChI is InChI=1S/C23H30N2O3S/c1-17-13-15-25(16-14-17)29(27,28)21-11-9-20(10-12-21)24-22(26)18-5-7-19(8-6-18)23(2,3)4/h5-12,17H,13-16H2,1-4H3,(H,24,26). The number of carbonyl (C=O) groups excluding carboxylic acids is 1. The van der Waals surface area contributed by atoms with Crippen LogP contribution in [0.25, 0.3) is 0 Å². The minimum absolute atomic E-state index is 0.0305. The summed E-state index contributed by atoms with van der Waals surface area (Å²) in [5, 5.41) is 2.83. The molecule has 5 nitrogen and oxygen atoms in total. The highest BCUT2D eigenvalue weighted by Crippen LogP contribution is 2.25. The van der Waals surface area contributed by atoms with Gasteiger partial charge in [-0.3, -0.25) is 4.79 Å². The van der Waals surface area contributed by atoms with Crippen LogP contribution < -0.4 is 5.32 Å². The van der Waals surface area contributed by atoms with E-state index in [1.165, 1.54) is 0 Å². The van der Waals surface area contributed by atoms with E-state index in [0.717, 1.165) is 18.4 Å². The first-order valence-electron chi connectivity index (χ1n) is 10.1. The Bertz CT molecular complexity index is 951. The number of nitrogens with one attached hydrogen (secondary N) is 1. The van der Waals surface area contributed by atoms with Gasteiger partial charge < -0.3 is 5.32 Å². The third kappa shape index (κ3) is 5.06. The Morgan fingerprint density at radius 2 is 1.52 bits per heavy atom. The molecule has 0 bridgehead atoms. The average molecular weight is 415 g/mol. The number of hydrogen-bond acceptors (Lipinski definition) is 3. The lowest BCUT2D eigenvalue weighted by Gasteiger charge is -2.29. The minimum Gasteiger partial charge on any atom is -0.322 e. The Morgan fingerprint density at radius 3 is 2.03 bits per heavy atom. The molecular weight excluding hydrogens is 384 g/mol. The van der Waals surface area contributed by atoms with E-state index in [0.29, 0.717) is 30.3 Å². The molecule has 1 aliphatic heterocycles. The summed E-state index contributed by atoms with van der Waals surface area (Å²) in [5.74, 6) is 0.350. The zero-order valence-corrected chi connectivity index (χ0v) is 18.4. The van der Waals surface area contributed by atoms with Gasteiger partial charge in [0.05, 0.1) is 4.90 Å². The summed E-state index contributed by atoms with van der Waals surface area (Å²) in [4.78, 5) is 12.8. The van der Waals surface area contributed by atoms with Gasteiger partial charge in [0.15, 0.2) is 0 Å². The summed E-state index contributed by atoms with van der Waals surface area (Å²) in [6, 6.07) is 13.9. The van der Waals surface area contributed by atoms with Crippen LogP contribution in [0.3, 0.4) is 0 Å². The predicted octanol–water partition coefficient (Wildman–Crippen LogP) is 4.66. The number of carbonyl (C=O) groups is 1. The molecule has 1 saturated heterocycles. The van der Waals surface area contributed by atoms with E-state index in [9.17, 15) is 13.2 Å². The SMILES string of the molecule is CC1CCN(S(=O)(=O)c2ccc(NC(=O)c3ccc(C(C)(C)C)cc3)cc2)CC1. The maximum absolute atomic E-state index is 12.8. The molecule has 1 N–H and O–H groups in total. The fourth-order valence-electron chi connectivity index (χ4n) is 3.41. The molecule has 0 aliphatic carbocycles. The van der Waals surface area contributed by atoms with E-state index in [-0.39, 0.29) is 16.2 Å². The van der Waals surface area contributed by atoms with Gasteiger partial charge in [-0.1, -0.05) is 39.8 Å². The number of sulfonamides is 1. The van der Waals surface area contributed by atoms with Gasteiger partial charge in [-0.05, 0) is 66.1 Å². The Balaban J connectivity index is 1.68. The number of rotatable bonds is 4. The van der Waals surface area contributed by atoms with E-state index in [4.69, 9.17) is 0 Å². The van der Waals surface area contributed by atoms with Gasteiger partial charge in [0.1, 0.15) is 0 Å². The van der Waals surface area contributed by atoms with Crippen LogP contribution in [-0.4, -0.2) is 31.7 Å². The quantitative estimate of drug-likeness (QED) is 0.791. The van der Waals surface area contributed by atoms with Crippen LogP contribution in [0.5, 0.6) is 0 Å². The van der Waals surface area contributed by atoms with Crippen molar-refractivity contribution in [2.75, 3.05) is 18.4 Å². The van der Waals surface area contributed by atoms with Crippen LogP contribution >= 0.6 is 0 Å². The van der Waals surface area contributed by atoms with Crippen molar-refractivity contribution in [3.05, 3.63) is 59.7 Å². The average Bonchev–Trinajstić information content (AvgIpc) is 2.68. The third-order valence-corrected chi connectivity index (χ3v) is 7.42. The van der Waals surface area contributed by atoms with Crippen LogP contribution in [0, 0.1) is 5.92 Å². The van der Waals surface area contributed by atoms with Crippen molar-refractivity contribution in [3.8, 4) is 0 Å². The third-order valence-electron chi connectivity index (χ3n) is 5.51.